The molecular weight excluding hydrogens is 240 g/mol. The van der Waals surface area contributed by atoms with Crippen LogP contribution in [-0.2, 0) is 5.41 Å². The monoisotopic (exact) mass is 256 g/mol. The van der Waals surface area contributed by atoms with Gasteiger partial charge in [-0.1, -0.05) is 66.8 Å². The van der Waals surface area contributed by atoms with Gasteiger partial charge < -0.3 is 0 Å². The first-order chi connectivity index (χ1) is 9.76. The van der Waals surface area contributed by atoms with Crippen LogP contribution in [0.25, 0.3) is 21.5 Å². The topological polar surface area (TPSA) is 0 Å². The first kappa shape index (κ1) is 11.5. The largest absolute Gasteiger partial charge is 0.0704 e. The van der Waals surface area contributed by atoms with Crippen molar-refractivity contribution in [3.63, 3.8) is 0 Å². The molecule has 20 heavy (non-hydrogen) atoms. The zero-order chi connectivity index (χ0) is 13.6. The van der Waals surface area contributed by atoms with E-state index in [-0.39, 0.29) is 5.41 Å². The Morgan fingerprint density at radius 3 is 2.10 bits per heavy atom. The molecule has 1 aliphatic carbocycles. The summed E-state index contributed by atoms with van der Waals surface area (Å²) in [5.41, 5.74) is 1.40. The van der Waals surface area contributed by atoms with Crippen LogP contribution in [0.2, 0.25) is 0 Å². The maximum absolute atomic E-state index is 2.32. The van der Waals surface area contributed by atoms with Crippen molar-refractivity contribution >= 4 is 21.5 Å². The van der Waals surface area contributed by atoms with Crippen LogP contribution in [0, 0.1) is 0 Å². The highest BCUT2D eigenvalue weighted by Gasteiger charge is 2.24. The molecule has 0 spiro atoms. The predicted octanol–water partition coefficient (Wildman–Crippen LogP) is 5.38. The summed E-state index contributed by atoms with van der Waals surface area (Å²) in [5.74, 6) is 0. The highest BCUT2D eigenvalue weighted by atomic mass is 14.3. The number of hydrogen-bond donors (Lipinski definition) is 0. The second-order valence-corrected chi connectivity index (χ2v) is 5.73. The Bertz CT molecular complexity index is 853. The molecule has 0 N–H and O–H groups in total. The molecule has 0 aliphatic heterocycles. The van der Waals surface area contributed by atoms with Gasteiger partial charge in [-0.25, -0.2) is 0 Å². The Kier molecular flexibility index (Phi) is 2.34. The van der Waals surface area contributed by atoms with E-state index in [4.69, 9.17) is 0 Å². The standard InChI is InChI=1S/C20H16/c1-20(11-4-5-12-20)19-10-6-9-17-13-15-7-2-3-8-16(15)14-18(17)19/h2-14H,1H3. The molecule has 0 fully saturated rings. The fourth-order valence-corrected chi connectivity index (χ4v) is 3.18. The van der Waals surface area contributed by atoms with E-state index in [0.29, 0.717) is 0 Å². The molecule has 4 rings (SSSR count). The normalized spacial score (nSPS) is 16.2. The third kappa shape index (κ3) is 1.61. The van der Waals surface area contributed by atoms with Gasteiger partial charge in [0.2, 0.25) is 0 Å². The molecule has 0 aromatic heterocycles. The second kappa shape index (κ2) is 4.08. The first-order valence-electron chi connectivity index (χ1n) is 7.05. The number of allylic oxidation sites excluding steroid dienone is 4. The Morgan fingerprint density at radius 1 is 0.700 bits per heavy atom. The van der Waals surface area contributed by atoms with Crippen LogP contribution in [0.4, 0.5) is 0 Å². The highest BCUT2D eigenvalue weighted by molar-refractivity contribution is 6.00. The van der Waals surface area contributed by atoms with E-state index >= 15 is 0 Å². The van der Waals surface area contributed by atoms with E-state index in [1.54, 1.807) is 0 Å². The molecule has 0 heterocycles. The number of fused-ring (bicyclic) bond motifs is 2. The molecule has 0 unspecified atom stereocenters. The fourth-order valence-electron chi connectivity index (χ4n) is 3.18. The van der Waals surface area contributed by atoms with Crippen molar-refractivity contribution in [3.05, 3.63) is 84.5 Å². The molecule has 3 aromatic rings. The minimum Gasteiger partial charge on any atom is -0.0704 e. The van der Waals surface area contributed by atoms with Crippen molar-refractivity contribution in [1.82, 2.24) is 0 Å². The Balaban J connectivity index is 2.09. The van der Waals surface area contributed by atoms with E-state index in [2.05, 4.69) is 85.8 Å². The molecule has 3 aromatic carbocycles. The minimum atomic E-state index is 0.0158. The lowest BCUT2D eigenvalue weighted by Crippen LogP contribution is -2.13. The van der Waals surface area contributed by atoms with Gasteiger partial charge in [-0.3, -0.25) is 0 Å². The zero-order valence-electron chi connectivity index (χ0n) is 11.5. The van der Waals surface area contributed by atoms with Crippen LogP contribution < -0.4 is 0 Å². The second-order valence-electron chi connectivity index (χ2n) is 5.73. The van der Waals surface area contributed by atoms with Crippen LogP contribution in [0.3, 0.4) is 0 Å². The number of benzene rings is 3. The van der Waals surface area contributed by atoms with E-state index in [1.807, 2.05) is 0 Å². The van der Waals surface area contributed by atoms with Crippen LogP contribution >= 0.6 is 0 Å². The summed E-state index contributed by atoms with van der Waals surface area (Å²) in [4.78, 5) is 0. The smallest absolute Gasteiger partial charge is 0.0296 e. The van der Waals surface area contributed by atoms with E-state index < -0.39 is 0 Å². The summed E-state index contributed by atoms with van der Waals surface area (Å²) in [6, 6.07) is 19.8. The van der Waals surface area contributed by atoms with Crippen LogP contribution in [0.5, 0.6) is 0 Å². The van der Waals surface area contributed by atoms with Gasteiger partial charge in [-0.05, 0) is 46.2 Å². The molecule has 1 aliphatic rings. The van der Waals surface area contributed by atoms with Crippen molar-refractivity contribution in [2.45, 2.75) is 12.3 Å². The van der Waals surface area contributed by atoms with Gasteiger partial charge in [-0.15, -0.1) is 0 Å². The molecule has 0 amide bonds. The molecule has 0 bridgehead atoms. The molecule has 96 valence electrons. The summed E-state index contributed by atoms with van der Waals surface area (Å²) in [7, 11) is 0. The molecule has 0 heteroatoms. The molecule has 0 radical (unpaired) electrons. The lowest BCUT2D eigenvalue weighted by Gasteiger charge is -2.22. The third-order valence-corrected chi connectivity index (χ3v) is 4.32. The van der Waals surface area contributed by atoms with Crippen LogP contribution in [-0.4, -0.2) is 0 Å². The third-order valence-electron chi connectivity index (χ3n) is 4.32. The molecule has 0 nitrogen and oxygen atoms in total. The van der Waals surface area contributed by atoms with Crippen molar-refractivity contribution in [1.29, 1.82) is 0 Å². The lowest BCUT2D eigenvalue weighted by molar-refractivity contribution is 0.778. The Morgan fingerprint density at radius 2 is 1.35 bits per heavy atom. The van der Waals surface area contributed by atoms with Gasteiger partial charge >= 0.3 is 0 Å². The molecule has 0 saturated heterocycles. The molecule has 0 saturated carbocycles. The van der Waals surface area contributed by atoms with Gasteiger partial charge in [0, 0.05) is 5.41 Å². The maximum Gasteiger partial charge on any atom is 0.0296 e. The zero-order valence-corrected chi connectivity index (χ0v) is 11.5. The Labute approximate surface area is 119 Å². The SMILES string of the molecule is CC1(c2cccc3cc4ccccc4cc23)C=CC=C1. The van der Waals surface area contributed by atoms with Gasteiger partial charge in [0.05, 0.1) is 0 Å². The van der Waals surface area contributed by atoms with E-state index in [0.717, 1.165) is 0 Å². The van der Waals surface area contributed by atoms with Crippen LogP contribution in [0.15, 0.2) is 78.9 Å². The van der Waals surface area contributed by atoms with Crippen molar-refractivity contribution in [2.24, 2.45) is 0 Å². The fraction of sp³-hybridized carbons (Fsp3) is 0.100. The van der Waals surface area contributed by atoms with Gasteiger partial charge in [-0.2, -0.15) is 0 Å². The van der Waals surface area contributed by atoms with E-state index in [1.165, 1.54) is 27.1 Å². The Hall–Kier alpha value is -2.34. The quantitative estimate of drug-likeness (QED) is 0.513. The van der Waals surface area contributed by atoms with Gasteiger partial charge in [0.15, 0.2) is 0 Å². The van der Waals surface area contributed by atoms with Gasteiger partial charge in [0.1, 0.15) is 0 Å². The average Bonchev–Trinajstić information content (AvgIpc) is 2.92. The van der Waals surface area contributed by atoms with Crippen molar-refractivity contribution < 1.29 is 0 Å². The number of hydrogen-bond acceptors (Lipinski definition) is 0. The van der Waals surface area contributed by atoms with Crippen molar-refractivity contribution in [3.8, 4) is 0 Å². The summed E-state index contributed by atoms with van der Waals surface area (Å²) in [5, 5.41) is 5.28. The van der Waals surface area contributed by atoms with Crippen molar-refractivity contribution in [2.75, 3.05) is 0 Å². The lowest BCUT2D eigenvalue weighted by atomic mass is 9.81. The summed E-state index contributed by atoms with van der Waals surface area (Å²) < 4.78 is 0. The van der Waals surface area contributed by atoms with Gasteiger partial charge in [0.25, 0.3) is 0 Å². The molecule has 0 atom stereocenters. The van der Waals surface area contributed by atoms with Crippen LogP contribution in [0.1, 0.15) is 12.5 Å². The maximum atomic E-state index is 2.32. The summed E-state index contributed by atoms with van der Waals surface area (Å²) >= 11 is 0. The molecular formula is C20H16. The highest BCUT2D eigenvalue weighted by Crippen LogP contribution is 2.36. The van der Waals surface area contributed by atoms with E-state index in [9.17, 15) is 0 Å². The first-order valence-corrected chi connectivity index (χ1v) is 7.05. The minimum absolute atomic E-state index is 0.0158. The summed E-state index contributed by atoms with van der Waals surface area (Å²) in [6.07, 6.45) is 8.83. The number of rotatable bonds is 1. The average molecular weight is 256 g/mol. The predicted molar refractivity (Wildman–Crippen MR) is 87.1 cm³/mol. The summed E-state index contributed by atoms with van der Waals surface area (Å²) in [6.45, 7) is 2.27.